The van der Waals surface area contributed by atoms with E-state index in [2.05, 4.69) is 15.0 Å². The van der Waals surface area contributed by atoms with Crippen molar-refractivity contribution in [3.05, 3.63) is 71.7 Å². The first kappa shape index (κ1) is 22.0. The van der Waals surface area contributed by atoms with Gasteiger partial charge in [-0.3, -0.25) is 10.1 Å². The Morgan fingerprint density at radius 1 is 1.15 bits per heavy atom. The number of carbonyl (C=O) groups is 1. The first-order chi connectivity index (χ1) is 15.7. The van der Waals surface area contributed by atoms with Crippen LogP contribution in [0.5, 0.6) is 5.75 Å². The second kappa shape index (κ2) is 8.76. The zero-order valence-electron chi connectivity index (χ0n) is 16.3. The van der Waals surface area contributed by atoms with Gasteiger partial charge in [0.05, 0.1) is 10.2 Å². The molecule has 1 N–H and O–H groups in total. The number of alkyl halides is 3. The molecule has 4 aromatic rings. The molecule has 2 heterocycles. The molecule has 166 valence electrons. The van der Waals surface area contributed by atoms with Gasteiger partial charge in [0.2, 0.25) is 0 Å². The monoisotopic (exact) mass is 473 g/mol. The smallest absolute Gasteiger partial charge is 0.457 e. The van der Waals surface area contributed by atoms with Crippen molar-refractivity contribution in [3.8, 4) is 23.1 Å². The molecule has 0 saturated carbocycles. The van der Waals surface area contributed by atoms with Crippen molar-refractivity contribution in [2.45, 2.75) is 6.36 Å². The van der Waals surface area contributed by atoms with E-state index in [0.717, 1.165) is 23.5 Å². The number of nitrogens with zero attached hydrogens (tertiary/aromatic N) is 2. The Kier molecular flexibility index (Phi) is 5.85. The number of nitriles is 1. The van der Waals surface area contributed by atoms with E-state index in [4.69, 9.17) is 4.42 Å². The van der Waals surface area contributed by atoms with Crippen LogP contribution in [0.2, 0.25) is 0 Å². The number of aromatic nitrogens is 1. The van der Waals surface area contributed by atoms with E-state index in [-0.39, 0.29) is 16.5 Å². The molecule has 2 aromatic carbocycles. The maximum atomic E-state index is 13.1. The number of amides is 1. The molecule has 0 radical (unpaired) electrons. The van der Waals surface area contributed by atoms with Crippen molar-refractivity contribution < 1.29 is 31.5 Å². The summed E-state index contributed by atoms with van der Waals surface area (Å²) in [7, 11) is 0. The van der Waals surface area contributed by atoms with Gasteiger partial charge in [0.25, 0.3) is 5.91 Å². The predicted octanol–water partition coefficient (Wildman–Crippen LogP) is 6.14. The number of benzene rings is 2. The maximum absolute atomic E-state index is 13.1. The fourth-order valence-corrected chi connectivity index (χ4v) is 3.70. The summed E-state index contributed by atoms with van der Waals surface area (Å²) in [5.74, 6) is -0.943. The third-order valence-corrected chi connectivity index (χ3v) is 5.15. The van der Waals surface area contributed by atoms with E-state index in [9.17, 15) is 27.6 Å². The summed E-state index contributed by atoms with van der Waals surface area (Å²) in [4.78, 5) is 16.6. The number of ether oxygens (including phenoxy) is 1. The maximum Gasteiger partial charge on any atom is 0.573 e. The van der Waals surface area contributed by atoms with Crippen LogP contribution in [0.1, 0.15) is 5.76 Å². The summed E-state index contributed by atoms with van der Waals surface area (Å²) in [6, 6.07) is 14.1. The fourth-order valence-electron chi connectivity index (χ4n) is 2.81. The zero-order chi connectivity index (χ0) is 23.6. The minimum absolute atomic E-state index is 0.0896. The van der Waals surface area contributed by atoms with Crippen molar-refractivity contribution in [2.24, 2.45) is 0 Å². The predicted molar refractivity (Wildman–Crippen MR) is 113 cm³/mol. The van der Waals surface area contributed by atoms with Crippen molar-refractivity contribution in [1.29, 1.82) is 5.26 Å². The van der Waals surface area contributed by atoms with Crippen LogP contribution in [0, 0.1) is 17.1 Å². The number of nitrogens with one attached hydrogen (secondary N) is 1. The molecule has 0 unspecified atom stereocenters. The average Bonchev–Trinajstić information content (AvgIpc) is 3.37. The molecule has 1 amide bonds. The topological polar surface area (TPSA) is 88.2 Å². The lowest BCUT2D eigenvalue weighted by molar-refractivity contribution is -0.274. The summed E-state index contributed by atoms with van der Waals surface area (Å²) in [5.41, 5.74) is 0.681. The van der Waals surface area contributed by atoms with Crippen molar-refractivity contribution >= 4 is 38.7 Å². The molecule has 0 bridgehead atoms. The molecule has 0 aliphatic rings. The molecule has 0 spiro atoms. The number of carbonyl (C=O) groups excluding carboxylic acids is 1. The molecule has 33 heavy (non-hydrogen) atoms. The largest absolute Gasteiger partial charge is 0.573 e. The molecule has 6 nitrogen and oxygen atoms in total. The minimum atomic E-state index is -4.83. The third-order valence-electron chi connectivity index (χ3n) is 4.22. The van der Waals surface area contributed by atoms with Crippen LogP contribution < -0.4 is 10.1 Å². The summed E-state index contributed by atoms with van der Waals surface area (Å²) in [6.45, 7) is 0. The Morgan fingerprint density at radius 3 is 2.61 bits per heavy atom. The standard InChI is InChI=1S/C22H11F4N3O3S/c23-14-3-1-12(2-4-14)18-8-6-15(31-18)9-13(11-27)20(30)29-21-28-17-7-5-16(10-19(17)33-21)32-22(24,25)26/h1-10H,(H,28,29,30)/b13-9-. The summed E-state index contributed by atoms with van der Waals surface area (Å²) < 4.78 is 60.1. The number of rotatable bonds is 5. The summed E-state index contributed by atoms with van der Waals surface area (Å²) in [6.07, 6.45) is -3.60. The van der Waals surface area contributed by atoms with Gasteiger partial charge in [-0.2, -0.15) is 5.26 Å². The van der Waals surface area contributed by atoms with Gasteiger partial charge in [0, 0.05) is 17.7 Å². The molecule has 4 rings (SSSR count). The number of anilines is 1. The number of halogens is 4. The first-order valence-corrected chi connectivity index (χ1v) is 9.97. The second-order valence-corrected chi connectivity index (χ2v) is 7.56. The normalized spacial score (nSPS) is 11.9. The Hall–Kier alpha value is -4.17. The van der Waals surface area contributed by atoms with Crippen molar-refractivity contribution in [3.63, 3.8) is 0 Å². The van der Waals surface area contributed by atoms with Gasteiger partial charge in [0.1, 0.15) is 34.7 Å². The lowest BCUT2D eigenvalue weighted by atomic mass is 10.2. The minimum Gasteiger partial charge on any atom is -0.457 e. The number of hydrogen-bond acceptors (Lipinski definition) is 6. The number of thiazole rings is 1. The van der Waals surface area contributed by atoms with Crippen LogP contribution in [0.25, 0.3) is 27.6 Å². The highest BCUT2D eigenvalue weighted by molar-refractivity contribution is 7.22. The Morgan fingerprint density at radius 2 is 1.91 bits per heavy atom. The van der Waals surface area contributed by atoms with Crippen LogP contribution >= 0.6 is 11.3 Å². The molecule has 2 aromatic heterocycles. The van der Waals surface area contributed by atoms with Crippen LogP contribution in [-0.4, -0.2) is 17.3 Å². The number of furan rings is 1. The highest BCUT2D eigenvalue weighted by Gasteiger charge is 2.31. The van der Waals surface area contributed by atoms with Gasteiger partial charge in [-0.15, -0.1) is 13.2 Å². The van der Waals surface area contributed by atoms with E-state index in [1.54, 1.807) is 18.2 Å². The van der Waals surface area contributed by atoms with Gasteiger partial charge in [-0.05, 0) is 48.5 Å². The highest BCUT2D eigenvalue weighted by Crippen LogP contribution is 2.32. The van der Waals surface area contributed by atoms with E-state index in [1.807, 2.05) is 0 Å². The molecular formula is C22H11F4N3O3S. The van der Waals surface area contributed by atoms with Crippen LogP contribution in [0.15, 0.2) is 64.6 Å². The molecular weight excluding hydrogens is 462 g/mol. The third kappa shape index (κ3) is 5.36. The van der Waals surface area contributed by atoms with E-state index >= 15 is 0 Å². The van der Waals surface area contributed by atoms with E-state index in [0.29, 0.717) is 21.5 Å². The Labute approximate surface area is 187 Å². The Balaban J connectivity index is 1.51. The number of fused-ring (bicyclic) bond motifs is 1. The van der Waals surface area contributed by atoms with Gasteiger partial charge in [-0.25, -0.2) is 9.37 Å². The van der Waals surface area contributed by atoms with Crippen LogP contribution in [0.4, 0.5) is 22.7 Å². The van der Waals surface area contributed by atoms with E-state index < -0.39 is 23.8 Å². The van der Waals surface area contributed by atoms with Gasteiger partial charge in [-0.1, -0.05) is 11.3 Å². The molecule has 11 heteroatoms. The molecule has 0 atom stereocenters. The Bertz CT molecular complexity index is 1400. The van der Waals surface area contributed by atoms with Crippen molar-refractivity contribution in [2.75, 3.05) is 5.32 Å². The van der Waals surface area contributed by atoms with Crippen LogP contribution in [-0.2, 0) is 4.79 Å². The fraction of sp³-hybridized carbons (Fsp3) is 0.0455. The first-order valence-electron chi connectivity index (χ1n) is 9.15. The second-order valence-electron chi connectivity index (χ2n) is 6.53. The lowest BCUT2D eigenvalue weighted by Gasteiger charge is -2.07. The van der Waals surface area contributed by atoms with Gasteiger partial charge in [0.15, 0.2) is 5.13 Å². The molecule has 0 aliphatic heterocycles. The average molecular weight is 473 g/mol. The molecule has 0 aliphatic carbocycles. The zero-order valence-corrected chi connectivity index (χ0v) is 17.1. The van der Waals surface area contributed by atoms with Crippen molar-refractivity contribution in [1.82, 2.24) is 4.98 Å². The molecule has 0 saturated heterocycles. The summed E-state index contributed by atoms with van der Waals surface area (Å²) >= 11 is 0.921. The quantitative estimate of drug-likeness (QED) is 0.214. The summed E-state index contributed by atoms with van der Waals surface area (Å²) in [5, 5.41) is 11.9. The van der Waals surface area contributed by atoms with Gasteiger partial charge < -0.3 is 9.15 Å². The lowest BCUT2D eigenvalue weighted by Crippen LogP contribution is -2.16. The SMILES string of the molecule is N#C/C(=C/c1ccc(-c2ccc(F)cc2)o1)C(=O)Nc1nc2ccc(OC(F)(F)F)cc2s1. The van der Waals surface area contributed by atoms with Crippen LogP contribution in [0.3, 0.4) is 0 Å². The molecule has 0 fully saturated rings. The van der Waals surface area contributed by atoms with E-state index in [1.165, 1.54) is 36.4 Å². The highest BCUT2D eigenvalue weighted by atomic mass is 32.1. The van der Waals surface area contributed by atoms with Gasteiger partial charge >= 0.3 is 6.36 Å². The number of hydrogen-bond donors (Lipinski definition) is 1.